The second-order valence-electron chi connectivity index (χ2n) is 3.73. The molecular weight excluding hydrogens is 216 g/mol. The molecule has 5 nitrogen and oxygen atoms in total. The molecule has 0 aliphatic rings. The molecule has 0 aliphatic carbocycles. The van der Waals surface area contributed by atoms with Gasteiger partial charge in [0.15, 0.2) is 5.25 Å². The molecule has 0 radical (unpaired) electrons. The van der Waals surface area contributed by atoms with Gasteiger partial charge in [-0.3, -0.25) is 0 Å². The van der Waals surface area contributed by atoms with Crippen molar-refractivity contribution in [2.45, 2.75) is 38.5 Å². The maximum Gasteiger partial charge on any atom is 0.228 e. The molecule has 0 aliphatic heterocycles. The van der Waals surface area contributed by atoms with Crippen molar-refractivity contribution in [2.75, 3.05) is 6.54 Å². The highest BCUT2D eigenvalue weighted by Crippen LogP contribution is 2.04. The highest BCUT2D eigenvalue weighted by molar-refractivity contribution is 7.90. The summed E-state index contributed by atoms with van der Waals surface area (Å²) < 4.78 is 25.2. The molecule has 2 atom stereocenters. The number of hydrogen-bond acceptors (Lipinski definition) is 4. The predicted octanol–water partition coefficient (Wildman–Crippen LogP) is 0.225. The largest absolute Gasteiger partial charge is 0.391 e. The second kappa shape index (κ2) is 6.05. The highest BCUT2D eigenvalue weighted by Gasteiger charge is 2.24. The van der Waals surface area contributed by atoms with E-state index in [0.717, 1.165) is 0 Å². The van der Waals surface area contributed by atoms with Crippen LogP contribution in [0.2, 0.25) is 0 Å². The topological polar surface area (TPSA) is 90.2 Å². The molecule has 0 heterocycles. The van der Waals surface area contributed by atoms with Gasteiger partial charge in [-0.15, -0.1) is 0 Å². The van der Waals surface area contributed by atoms with Gasteiger partial charge in [-0.25, -0.2) is 13.1 Å². The molecule has 0 saturated carbocycles. The summed E-state index contributed by atoms with van der Waals surface area (Å²) in [4.78, 5) is 0. The van der Waals surface area contributed by atoms with Crippen LogP contribution in [0.15, 0.2) is 0 Å². The second-order valence-corrected chi connectivity index (χ2v) is 5.68. The third-order valence-electron chi connectivity index (χ3n) is 2.15. The van der Waals surface area contributed by atoms with Gasteiger partial charge in [-0.05, 0) is 12.3 Å². The lowest BCUT2D eigenvalue weighted by Crippen LogP contribution is -2.39. The van der Waals surface area contributed by atoms with Crippen molar-refractivity contribution in [3.63, 3.8) is 0 Å². The average Bonchev–Trinajstić information content (AvgIpc) is 2.15. The molecule has 0 aromatic heterocycles. The van der Waals surface area contributed by atoms with Gasteiger partial charge in [-0.1, -0.05) is 20.8 Å². The van der Waals surface area contributed by atoms with Gasteiger partial charge in [0.2, 0.25) is 10.0 Å². The molecule has 0 aromatic carbocycles. The molecule has 0 rings (SSSR count). The summed E-state index contributed by atoms with van der Waals surface area (Å²) in [5, 5.41) is 17.0. The van der Waals surface area contributed by atoms with Crippen molar-refractivity contribution in [3.8, 4) is 6.07 Å². The van der Waals surface area contributed by atoms with Crippen LogP contribution < -0.4 is 4.72 Å². The van der Waals surface area contributed by atoms with Crippen molar-refractivity contribution in [3.05, 3.63) is 0 Å². The number of aliphatic hydroxyl groups excluding tert-OH is 1. The van der Waals surface area contributed by atoms with Crippen LogP contribution in [-0.4, -0.2) is 31.4 Å². The molecule has 0 fully saturated rings. The van der Waals surface area contributed by atoms with Crippen LogP contribution in [0.1, 0.15) is 27.2 Å². The molecule has 6 heteroatoms. The van der Waals surface area contributed by atoms with Crippen molar-refractivity contribution in [2.24, 2.45) is 5.92 Å². The maximum atomic E-state index is 11.5. The molecule has 2 unspecified atom stereocenters. The fourth-order valence-electron chi connectivity index (χ4n) is 0.918. The Morgan fingerprint density at radius 1 is 1.47 bits per heavy atom. The molecule has 0 bridgehead atoms. The molecule has 15 heavy (non-hydrogen) atoms. The Labute approximate surface area is 91.2 Å². The molecule has 88 valence electrons. The van der Waals surface area contributed by atoms with Crippen LogP contribution in [0.25, 0.3) is 0 Å². The van der Waals surface area contributed by atoms with E-state index in [1.165, 1.54) is 0 Å². The van der Waals surface area contributed by atoms with E-state index in [1.807, 2.05) is 0 Å². The Morgan fingerprint density at radius 2 is 2.00 bits per heavy atom. The van der Waals surface area contributed by atoms with E-state index in [1.54, 1.807) is 26.8 Å². The van der Waals surface area contributed by atoms with E-state index in [4.69, 9.17) is 5.26 Å². The van der Waals surface area contributed by atoms with Crippen LogP contribution in [0, 0.1) is 17.2 Å². The van der Waals surface area contributed by atoms with E-state index in [2.05, 4.69) is 4.72 Å². The van der Waals surface area contributed by atoms with Gasteiger partial charge in [0, 0.05) is 6.54 Å². The van der Waals surface area contributed by atoms with Gasteiger partial charge in [0.1, 0.15) is 0 Å². The Hall–Kier alpha value is -0.640. The van der Waals surface area contributed by atoms with E-state index in [0.29, 0.717) is 0 Å². The Bertz CT molecular complexity index is 319. The first kappa shape index (κ1) is 14.4. The number of nitrogens with zero attached hydrogens (tertiary/aromatic N) is 1. The predicted molar refractivity (Wildman–Crippen MR) is 57.5 cm³/mol. The maximum absolute atomic E-state index is 11.5. The average molecular weight is 234 g/mol. The van der Waals surface area contributed by atoms with Gasteiger partial charge >= 0.3 is 0 Å². The Balaban J connectivity index is 4.35. The summed E-state index contributed by atoms with van der Waals surface area (Å²) in [7, 11) is -3.62. The SMILES string of the molecule is CCC(C#N)S(=O)(=O)NCC(O)C(C)C. The fraction of sp³-hybridized carbons (Fsp3) is 0.889. The number of nitriles is 1. The summed E-state index contributed by atoms with van der Waals surface area (Å²) >= 11 is 0. The smallest absolute Gasteiger partial charge is 0.228 e. The first-order valence-electron chi connectivity index (χ1n) is 4.91. The quantitative estimate of drug-likeness (QED) is 0.688. The van der Waals surface area contributed by atoms with Crippen molar-refractivity contribution in [1.82, 2.24) is 4.72 Å². The van der Waals surface area contributed by atoms with Crippen LogP contribution in [0.3, 0.4) is 0 Å². The van der Waals surface area contributed by atoms with Crippen LogP contribution in [0.4, 0.5) is 0 Å². The third-order valence-corrected chi connectivity index (χ3v) is 3.91. The Kier molecular flexibility index (Phi) is 5.80. The number of rotatable bonds is 6. The summed E-state index contributed by atoms with van der Waals surface area (Å²) in [6, 6.07) is 1.71. The zero-order chi connectivity index (χ0) is 12.1. The van der Waals surface area contributed by atoms with Crippen molar-refractivity contribution < 1.29 is 13.5 Å². The lowest BCUT2D eigenvalue weighted by atomic mass is 10.1. The van der Waals surface area contributed by atoms with Gasteiger partial charge in [0.05, 0.1) is 12.2 Å². The van der Waals surface area contributed by atoms with Crippen LogP contribution in [-0.2, 0) is 10.0 Å². The van der Waals surface area contributed by atoms with E-state index >= 15 is 0 Å². The number of hydrogen-bond donors (Lipinski definition) is 2. The van der Waals surface area contributed by atoms with Crippen LogP contribution >= 0.6 is 0 Å². The monoisotopic (exact) mass is 234 g/mol. The minimum atomic E-state index is -3.62. The minimum absolute atomic E-state index is 0.0186. The molecule has 0 spiro atoms. The summed E-state index contributed by atoms with van der Waals surface area (Å²) in [5.74, 6) is -0.0186. The normalized spacial score (nSPS) is 16.0. The highest BCUT2D eigenvalue weighted by atomic mass is 32.2. The first-order valence-corrected chi connectivity index (χ1v) is 6.46. The number of sulfonamides is 1. The van der Waals surface area contributed by atoms with E-state index < -0.39 is 21.4 Å². The third kappa shape index (κ3) is 4.60. The zero-order valence-electron chi connectivity index (χ0n) is 9.27. The van der Waals surface area contributed by atoms with Gasteiger partial charge < -0.3 is 5.11 Å². The summed E-state index contributed by atoms with van der Waals surface area (Å²) in [6.07, 6.45) is -0.486. The minimum Gasteiger partial charge on any atom is -0.391 e. The lowest BCUT2D eigenvalue weighted by Gasteiger charge is -2.16. The standard InChI is InChI=1S/C9H18N2O3S/c1-4-8(5-10)15(13,14)11-6-9(12)7(2)3/h7-9,11-12H,4,6H2,1-3H3. The Morgan fingerprint density at radius 3 is 2.33 bits per heavy atom. The molecule has 0 aromatic rings. The van der Waals surface area contributed by atoms with E-state index in [9.17, 15) is 13.5 Å². The summed E-state index contributed by atoms with van der Waals surface area (Å²) in [6.45, 7) is 5.17. The fourth-order valence-corrected chi connectivity index (χ4v) is 2.10. The first-order chi connectivity index (χ1) is 6.85. The molecule has 0 saturated heterocycles. The number of nitrogens with one attached hydrogen (secondary N) is 1. The molecule has 2 N–H and O–H groups in total. The van der Waals surface area contributed by atoms with Gasteiger partial charge in [0.25, 0.3) is 0 Å². The van der Waals surface area contributed by atoms with E-state index in [-0.39, 0.29) is 18.9 Å². The van der Waals surface area contributed by atoms with Crippen molar-refractivity contribution in [1.29, 1.82) is 5.26 Å². The number of aliphatic hydroxyl groups is 1. The van der Waals surface area contributed by atoms with Gasteiger partial charge in [-0.2, -0.15) is 5.26 Å². The molecular formula is C9H18N2O3S. The lowest BCUT2D eigenvalue weighted by molar-refractivity contribution is 0.129. The van der Waals surface area contributed by atoms with Crippen LogP contribution in [0.5, 0.6) is 0 Å². The molecule has 0 amide bonds. The summed E-state index contributed by atoms with van der Waals surface area (Å²) in [5.41, 5.74) is 0. The van der Waals surface area contributed by atoms with Crippen molar-refractivity contribution >= 4 is 10.0 Å². The zero-order valence-corrected chi connectivity index (χ0v) is 10.1.